The minimum absolute atomic E-state index is 0.116. The highest BCUT2D eigenvalue weighted by molar-refractivity contribution is 5.92. The predicted octanol–water partition coefficient (Wildman–Crippen LogP) is 0.704. The molecule has 2 N–H and O–H groups in total. The average molecular weight is 343 g/mol. The second-order valence-electron chi connectivity index (χ2n) is 6.16. The Kier molecular flexibility index (Phi) is 5.95. The van der Waals surface area contributed by atoms with Crippen LogP contribution in [-0.2, 0) is 6.42 Å². The van der Waals surface area contributed by atoms with E-state index < -0.39 is 0 Å². The van der Waals surface area contributed by atoms with Gasteiger partial charge in [-0.15, -0.1) is 0 Å². The summed E-state index contributed by atoms with van der Waals surface area (Å²) in [5.41, 5.74) is 1.47. The number of H-pyrrole nitrogens is 1. The largest absolute Gasteiger partial charge is 0.349 e. The van der Waals surface area contributed by atoms with Crippen LogP contribution in [0.1, 0.15) is 29.5 Å². The molecular formula is C17H25N7O. The van der Waals surface area contributed by atoms with Gasteiger partial charge in [-0.2, -0.15) is 5.10 Å². The third kappa shape index (κ3) is 4.76. The highest BCUT2D eigenvalue weighted by atomic mass is 16.1. The van der Waals surface area contributed by atoms with Gasteiger partial charge in [-0.25, -0.2) is 9.97 Å². The Morgan fingerprint density at radius 1 is 1.24 bits per heavy atom. The maximum atomic E-state index is 12.1. The molecule has 1 aliphatic heterocycles. The van der Waals surface area contributed by atoms with E-state index in [2.05, 4.69) is 42.2 Å². The van der Waals surface area contributed by atoms with E-state index in [0.29, 0.717) is 12.2 Å². The number of aromatic nitrogens is 4. The van der Waals surface area contributed by atoms with Crippen molar-refractivity contribution in [1.82, 2.24) is 30.4 Å². The molecule has 0 atom stereocenters. The van der Waals surface area contributed by atoms with Crippen molar-refractivity contribution in [3.63, 3.8) is 0 Å². The number of rotatable bonds is 7. The standard InChI is InChI=1S/C17H25N7O/c1-2-4-14-13-15(22-21-14)16(25)18-7-8-23-9-11-24(12-10-23)17-19-5-3-6-20-17/h3,5-6,13H,2,4,7-12H2,1H3,(H,18,25)(H,21,22). The van der Waals surface area contributed by atoms with Crippen LogP contribution in [0.3, 0.4) is 0 Å². The lowest BCUT2D eigenvalue weighted by Crippen LogP contribution is -2.49. The minimum atomic E-state index is -0.116. The second kappa shape index (κ2) is 8.57. The van der Waals surface area contributed by atoms with Gasteiger partial charge in [0.2, 0.25) is 5.95 Å². The first-order valence-electron chi connectivity index (χ1n) is 8.83. The van der Waals surface area contributed by atoms with Crippen LogP contribution in [0.4, 0.5) is 5.95 Å². The van der Waals surface area contributed by atoms with E-state index in [1.165, 1.54) is 0 Å². The number of carbonyl (C=O) groups is 1. The van der Waals surface area contributed by atoms with Crippen LogP contribution < -0.4 is 10.2 Å². The van der Waals surface area contributed by atoms with Gasteiger partial charge < -0.3 is 10.2 Å². The lowest BCUT2D eigenvalue weighted by atomic mass is 10.2. The van der Waals surface area contributed by atoms with Crippen LogP contribution in [-0.4, -0.2) is 70.2 Å². The van der Waals surface area contributed by atoms with Crippen LogP contribution in [0.5, 0.6) is 0 Å². The van der Waals surface area contributed by atoms with Crippen LogP contribution in [0.15, 0.2) is 24.5 Å². The van der Waals surface area contributed by atoms with Crippen molar-refractivity contribution < 1.29 is 4.79 Å². The summed E-state index contributed by atoms with van der Waals surface area (Å²) in [6.07, 6.45) is 5.48. The van der Waals surface area contributed by atoms with E-state index in [-0.39, 0.29) is 5.91 Å². The molecule has 3 rings (SSSR count). The van der Waals surface area contributed by atoms with Crippen LogP contribution in [0, 0.1) is 0 Å². The Morgan fingerprint density at radius 2 is 2.00 bits per heavy atom. The molecule has 0 spiro atoms. The quantitative estimate of drug-likeness (QED) is 0.769. The summed E-state index contributed by atoms with van der Waals surface area (Å²) in [5, 5.41) is 9.92. The molecule has 8 nitrogen and oxygen atoms in total. The predicted molar refractivity (Wildman–Crippen MR) is 95.6 cm³/mol. The number of nitrogens with zero attached hydrogens (tertiary/aromatic N) is 5. The lowest BCUT2D eigenvalue weighted by Gasteiger charge is -2.34. The minimum Gasteiger partial charge on any atom is -0.349 e. The number of anilines is 1. The first kappa shape index (κ1) is 17.3. The van der Waals surface area contributed by atoms with Crippen molar-refractivity contribution in [2.75, 3.05) is 44.2 Å². The zero-order valence-corrected chi connectivity index (χ0v) is 14.6. The van der Waals surface area contributed by atoms with E-state index in [1.54, 1.807) is 12.4 Å². The van der Waals surface area contributed by atoms with Crippen molar-refractivity contribution in [3.8, 4) is 0 Å². The summed E-state index contributed by atoms with van der Waals surface area (Å²) in [5.74, 6) is 0.673. The van der Waals surface area contributed by atoms with Crippen LogP contribution in [0.25, 0.3) is 0 Å². The summed E-state index contributed by atoms with van der Waals surface area (Å²) < 4.78 is 0. The van der Waals surface area contributed by atoms with Crippen molar-refractivity contribution in [1.29, 1.82) is 0 Å². The molecule has 25 heavy (non-hydrogen) atoms. The molecule has 0 bridgehead atoms. The van der Waals surface area contributed by atoms with Crippen molar-refractivity contribution in [2.24, 2.45) is 0 Å². The third-order valence-corrected chi connectivity index (χ3v) is 4.30. The molecule has 0 aromatic carbocycles. The summed E-state index contributed by atoms with van der Waals surface area (Å²) in [7, 11) is 0. The average Bonchev–Trinajstić information content (AvgIpc) is 3.12. The van der Waals surface area contributed by atoms with Gasteiger partial charge in [-0.1, -0.05) is 13.3 Å². The lowest BCUT2D eigenvalue weighted by molar-refractivity contribution is 0.0942. The molecule has 0 radical (unpaired) electrons. The molecule has 0 aliphatic carbocycles. The molecule has 3 heterocycles. The summed E-state index contributed by atoms with van der Waals surface area (Å²) in [6, 6.07) is 3.66. The fourth-order valence-corrected chi connectivity index (χ4v) is 2.92. The number of piperazine rings is 1. The molecular weight excluding hydrogens is 318 g/mol. The molecule has 0 unspecified atom stereocenters. The third-order valence-electron chi connectivity index (χ3n) is 4.30. The number of carbonyl (C=O) groups excluding carboxylic acids is 1. The molecule has 134 valence electrons. The number of hydrogen-bond acceptors (Lipinski definition) is 6. The van der Waals surface area contributed by atoms with Crippen molar-refractivity contribution >= 4 is 11.9 Å². The maximum absolute atomic E-state index is 12.1. The molecule has 0 saturated carbocycles. The van der Waals surface area contributed by atoms with Gasteiger partial charge in [0.1, 0.15) is 5.69 Å². The van der Waals surface area contributed by atoms with Crippen molar-refractivity contribution in [2.45, 2.75) is 19.8 Å². The van der Waals surface area contributed by atoms with Gasteiger partial charge >= 0.3 is 0 Å². The molecule has 8 heteroatoms. The molecule has 2 aromatic heterocycles. The summed E-state index contributed by atoms with van der Waals surface area (Å²) in [4.78, 5) is 25.2. The van der Waals surface area contributed by atoms with E-state index in [1.807, 2.05) is 12.1 Å². The molecule has 1 saturated heterocycles. The van der Waals surface area contributed by atoms with Crippen molar-refractivity contribution in [3.05, 3.63) is 35.9 Å². The second-order valence-corrected chi connectivity index (χ2v) is 6.16. The normalized spacial score (nSPS) is 15.3. The van der Waals surface area contributed by atoms with E-state index in [9.17, 15) is 4.79 Å². The van der Waals surface area contributed by atoms with Gasteiger partial charge in [-0.3, -0.25) is 14.8 Å². The highest BCUT2D eigenvalue weighted by Gasteiger charge is 2.18. The summed E-state index contributed by atoms with van der Waals surface area (Å²) >= 11 is 0. The van der Waals surface area contributed by atoms with Gasteiger partial charge in [0.15, 0.2) is 0 Å². The molecule has 1 amide bonds. The van der Waals surface area contributed by atoms with E-state index >= 15 is 0 Å². The van der Waals surface area contributed by atoms with E-state index in [0.717, 1.165) is 57.2 Å². The zero-order chi connectivity index (χ0) is 17.5. The van der Waals surface area contributed by atoms with Gasteiger partial charge in [-0.05, 0) is 18.6 Å². The Hall–Kier alpha value is -2.48. The number of aryl methyl sites for hydroxylation is 1. The number of hydrogen-bond donors (Lipinski definition) is 2. The summed E-state index contributed by atoms with van der Waals surface area (Å²) in [6.45, 7) is 7.24. The van der Waals surface area contributed by atoms with Crippen LogP contribution >= 0.6 is 0 Å². The first-order chi connectivity index (χ1) is 12.3. The Labute approximate surface area is 147 Å². The fourth-order valence-electron chi connectivity index (χ4n) is 2.92. The zero-order valence-electron chi connectivity index (χ0n) is 14.6. The topological polar surface area (TPSA) is 90.0 Å². The SMILES string of the molecule is CCCc1cc(C(=O)NCCN2CCN(c3ncccn3)CC2)n[nH]1. The smallest absolute Gasteiger partial charge is 0.271 e. The fraction of sp³-hybridized carbons (Fsp3) is 0.529. The Morgan fingerprint density at radius 3 is 2.72 bits per heavy atom. The van der Waals surface area contributed by atoms with Gasteiger partial charge in [0, 0.05) is 57.4 Å². The first-order valence-corrected chi connectivity index (χ1v) is 8.83. The molecule has 1 fully saturated rings. The van der Waals surface area contributed by atoms with Gasteiger partial charge in [0.05, 0.1) is 0 Å². The molecule has 1 aliphatic rings. The highest BCUT2D eigenvalue weighted by Crippen LogP contribution is 2.09. The number of nitrogens with one attached hydrogen (secondary N) is 2. The number of aromatic amines is 1. The molecule has 2 aromatic rings. The maximum Gasteiger partial charge on any atom is 0.271 e. The Balaban J connectivity index is 1.37. The van der Waals surface area contributed by atoms with Gasteiger partial charge in [0.25, 0.3) is 5.91 Å². The van der Waals surface area contributed by atoms with E-state index in [4.69, 9.17) is 0 Å². The Bertz CT molecular complexity index is 665. The monoisotopic (exact) mass is 343 g/mol. The van der Waals surface area contributed by atoms with Crippen LogP contribution in [0.2, 0.25) is 0 Å². The number of amides is 1.